The molecule has 0 atom stereocenters. The largest absolute Gasteiger partial charge is 0.472 e. The second-order valence-corrected chi connectivity index (χ2v) is 4.34. The molecule has 88 valence electrons. The van der Waals surface area contributed by atoms with Crippen LogP contribution in [0.5, 0.6) is 0 Å². The van der Waals surface area contributed by atoms with Crippen molar-refractivity contribution in [1.29, 1.82) is 0 Å². The average Bonchev–Trinajstić information content (AvgIpc) is 2.82. The van der Waals surface area contributed by atoms with E-state index in [1.54, 1.807) is 12.5 Å². The second-order valence-electron chi connectivity index (χ2n) is 3.90. The summed E-state index contributed by atoms with van der Waals surface area (Å²) in [5.41, 5.74) is 8.71. The van der Waals surface area contributed by atoms with E-state index in [1.807, 2.05) is 37.4 Å². The molecule has 0 radical (unpaired) electrons. The number of benzene rings is 1. The Morgan fingerprint density at radius 1 is 1.29 bits per heavy atom. The molecule has 0 bridgehead atoms. The van der Waals surface area contributed by atoms with Gasteiger partial charge in [-0.3, -0.25) is 0 Å². The van der Waals surface area contributed by atoms with Crippen molar-refractivity contribution >= 4 is 22.9 Å². The Morgan fingerprint density at radius 2 is 2.00 bits per heavy atom. The fourth-order valence-corrected chi connectivity index (χ4v) is 1.76. The lowest BCUT2D eigenvalue weighted by atomic mass is 10.2. The number of hydrogen-bond acceptors (Lipinski definition) is 3. The predicted octanol–water partition coefficient (Wildman–Crippen LogP) is 2.55. The van der Waals surface area contributed by atoms with E-state index >= 15 is 0 Å². The number of rotatable bonds is 4. The monoisotopic (exact) mass is 246 g/mol. The molecule has 0 amide bonds. The van der Waals surface area contributed by atoms with E-state index in [9.17, 15) is 0 Å². The first-order chi connectivity index (χ1) is 8.16. The van der Waals surface area contributed by atoms with Crippen molar-refractivity contribution in [3.63, 3.8) is 0 Å². The molecule has 0 aliphatic rings. The third-order valence-corrected chi connectivity index (χ3v) is 2.83. The molecule has 2 N–H and O–H groups in total. The number of thiocarbonyl (C=S) groups is 1. The highest BCUT2D eigenvalue weighted by Gasteiger charge is 2.03. The number of anilines is 1. The summed E-state index contributed by atoms with van der Waals surface area (Å²) in [6.07, 6.45) is 3.43. The van der Waals surface area contributed by atoms with Crippen molar-refractivity contribution in [1.82, 2.24) is 0 Å². The van der Waals surface area contributed by atoms with E-state index in [1.165, 1.54) is 0 Å². The number of hydrogen-bond donors (Lipinski definition) is 1. The summed E-state index contributed by atoms with van der Waals surface area (Å²) in [7, 11) is 2.03. The molecule has 1 aromatic carbocycles. The van der Waals surface area contributed by atoms with Crippen LogP contribution in [0.4, 0.5) is 5.69 Å². The summed E-state index contributed by atoms with van der Waals surface area (Å²) in [5.74, 6) is 0. The maximum Gasteiger partial charge on any atom is 0.103 e. The Morgan fingerprint density at radius 3 is 2.53 bits per heavy atom. The lowest BCUT2D eigenvalue weighted by Crippen LogP contribution is -2.16. The number of nitrogens with two attached hydrogens (primary N) is 1. The van der Waals surface area contributed by atoms with Crippen molar-refractivity contribution < 1.29 is 4.42 Å². The highest BCUT2D eigenvalue weighted by atomic mass is 32.1. The molecular weight excluding hydrogens is 232 g/mol. The first-order valence-electron chi connectivity index (χ1n) is 5.29. The zero-order valence-electron chi connectivity index (χ0n) is 9.59. The van der Waals surface area contributed by atoms with Crippen LogP contribution in [-0.2, 0) is 6.54 Å². The molecule has 0 unspecified atom stereocenters. The molecule has 0 fully saturated rings. The molecule has 0 saturated carbocycles. The van der Waals surface area contributed by atoms with Crippen molar-refractivity contribution in [2.45, 2.75) is 6.54 Å². The van der Waals surface area contributed by atoms with E-state index in [2.05, 4.69) is 4.90 Å². The SMILES string of the molecule is CN(Cc1ccoc1)c1ccc(C(N)=S)cc1. The first kappa shape index (κ1) is 11.7. The number of furan rings is 1. The van der Waals surface area contributed by atoms with Gasteiger partial charge in [0.15, 0.2) is 0 Å². The fourth-order valence-electron chi connectivity index (χ4n) is 1.63. The quantitative estimate of drug-likeness (QED) is 0.842. The summed E-state index contributed by atoms with van der Waals surface area (Å²) in [6.45, 7) is 0.808. The van der Waals surface area contributed by atoms with Crippen LogP contribution in [0, 0.1) is 0 Å². The van der Waals surface area contributed by atoms with Crippen LogP contribution < -0.4 is 10.6 Å². The molecule has 2 rings (SSSR count). The third-order valence-electron chi connectivity index (χ3n) is 2.59. The van der Waals surface area contributed by atoms with E-state index < -0.39 is 0 Å². The molecule has 1 heterocycles. The zero-order valence-corrected chi connectivity index (χ0v) is 10.4. The lowest BCUT2D eigenvalue weighted by molar-refractivity contribution is 0.563. The highest BCUT2D eigenvalue weighted by molar-refractivity contribution is 7.80. The second kappa shape index (κ2) is 5.01. The molecule has 3 nitrogen and oxygen atoms in total. The molecule has 0 saturated heterocycles. The predicted molar refractivity (Wildman–Crippen MR) is 73.1 cm³/mol. The lowest BCUT2D eigenvalue weighted by Gasteiger charge is -2.18. The van der Waals surface area contributed by atoms with Crippen molar-refractivity contribution in [2.75, 3.05) is 11.9 Å². The highest BCUT2D eigenvalue weighted by Crippen LogP contribution is 2.16. The van der Waals surface area contributed by atoms with E-state index in [-0.39, 0.29) is 0 Å². The molecular formula is C13H14N2OS. The fraction of sp³-hybridized carbons (Fsp3) is 0.154. The molecule has 2 aromatic rings. The molecule has 17 heavy (non-hydrogen) atoms. The van der Waals surface area contributed by atoms with Crippen LogP contribution in [0.2, 0.25) is 0 Å². The topological polar surface area (TPSA) is 42.4 Å². The maximum atomic E-state index is 5.56. The minimum absolute atomic E-state index is 0.425. The van der Waals surface area contributed by atoms with Crippen LogP contribution in [0.25, 0.3) is 0 Å². The summed E-state index contributed by atoms with van der Waals surface area (Å²) >= 11 is 4.92. The first-order valence-corrected chi connectivity index (χ1v) is 5.70. The van der Waals surface area contributed by atoms with Crippen LogP contribution >= 0.6 is 12.2 Å². The van der Waals surface area contributed by atoms with Crippen molar-refractivity contribution in [3.05, 3.63) is 54.0 Å². The van der Waals surface area contributed by atoms with E-state index in [0.717, 1.165) is 23.4 Å². The van der Waals surface area contributed by atoms with Gasteiger partial charge in [-0.25, -0.2) is 0 Å². The van der Waals surface area contributed by atoms with E-state index in [4.69, 9.17) is 22.4 Å². The van der Waals surface area contributed by atoms with Gasteiger partial charge in [0.1, 0.15) is 4.99 Å². The van der Waals surface area contributed by atoms with Gasteiger partial charge in [0.2, 0.25) is 0 Å². The third kappa shape index (κ3) is 2.85. The van der Waals surface area contributed by atoms with Gasteiger partial charge in [-0.2, -0.15) is 0 Å². The molecule has 0 aliphatic carbocycles. The standard InChI is InChI=1S/C13H14N2OS/c1-15(8-10-6-7-16-9-10)12-4-2-11(3-5-12)13(14)17/h2-7,9H,8H2,1H3,(H2,14,17). The Labute approximate surface area is 106 Å². The summed E-state index contributed by atoms with van der Waals surface area (Å²) in [5, 5.41) is 0. The van der Waals surface area contributed by atoms with Gasteiger partial charge in [-0.1, -0.05) is 12.2 Å². The van der Waals surface area contributed by atoms with Crippen LogP contribution in [0.1, 0.15) is 11.1 Å². The zero-order chi connectivity index (χ0) is 12.3. The van der Waals surface area contributed by atoms with E-state index in [0.29, 0.717) is 4.99 Å². The van der Waals surface area contributed by atoms with Crippen molar-refractivity contribution in [3.8, 4) is 0 Å². The minimum atomic E-state index is 0.425. The summed E-state index contributed by atoms with van der Waals surface area (Å²) in [6, 6.07) is 9.84. The summed E-state index contributed by atoms with van der Waals surface area (Å²) in [4.78, 5) is 2.56. The van der Waals surface area contributed by atoms with Gasteiger partial charge >= 0.3 is 0 Å². The Bertz CT molecular complexity index is 491. The Balaban J connectivity index is 2.09. The van der Waals surface area contributed by atoms with Crippen molar-refractivity contribution in [2.24, 2.45) is 5.73 Å². The van der Waals surface area contributed by atoms with Gasteiger partial charge in [-0.15, -0.1) is 0 Å². The van der Waals surface area contributed by atoms with Gasteiger partial charge < -0.3 is 15.1 Å². The van der Waals surface area contributed by atoms with Gasteiger partial charge in [-0.05, 0) is 30.3 Å². The average molecular weight is 246 g/mol. The molecule has 4 heteroatoms. The Hall–Kier alpha value is -1.81. The maximum absolute atomic E-state index is 5.56. The Kier molecular flexibility index (Phi) is 3.44. The minimum Gasteiger partial charge on any atom is -0.472 e. The number of nitrogens with zero attached hydrogens (tertiary/aromatic N) is 1. The van der Waals surface area contributed by atoms with Crippen LogP contribution in [0.15, 0.2) is 47.3 Å². The smallest absolute Gasteiger partial charge is 0.103 e. The van der Waals surface area contributed by atoms with Gasteiger partial charge in [0.05, 0.1) is 12.5 Å². The van der Waals surface area contributed by atoms with Crippen LogP contribution in [0.3, 0.4) is 0 Å². The molecule has 0 spiro atoms. The van der Waals surface area contributed by atoms with Crippen LogP contribution in [-0.4, -0.2) is 12.0 Å². The summed E-state index contributed by atoms with van der Waals surface area (Å²) < 4.78 is 5.04. The van der Waals surface area contributed by atoms with Gasteiger partial charge in [0.25, 0.3) is 0 Å². The normalized spacial score (nSPS) is 10.2. The molecule has 0 aliphatic heterocycles. The molecule has 1 aromatic heterocycles. The van der Waals surface area contributed by atoms with Gasteiger partial charge in [0, 0.05) is 30.4 Å².